The normalized spacial score (nSPS) is 26.1. The highest BCUT2D eigenvalue weighted by Gasteiger charge is 2.14. The molecule has 0 bridgehead atoms. The molecule has 2 nitrogen and oxygen atoms in total. The molecule has 0 N–H and O–H groups in total. The zero-order valence-electron chi connectivity index (χ0n) is 6.09. The predicted octanol–water partition coefficient (Wildman–Crippen LogP) is 1.04. The fraction of sp³-hybridized carbons (Fsp3) is 0.833. The van der Waals surface area contributed by atoms with Gasteiger partial charge in [-0.2, -0.15) is 0 Å². The maximum Gasteiger partial charge on any atom is 0.159 e. The molecule has 1 rings (SSSR count). The van der Waals surface area contributed by atoms with Crippen molar-refractivity contribution < 1.29 is 0 Å². The summed E-state index contributed by atoms with van der Waals surface area (Å²) in [6, 6.07) is 0.521. The van der Waals surface area contributed by atoms with Crippen molar-refractivity contribution >= 4 is 16.9 Å². The summed E-state index contributed by atoms with van der Waals surface area (Å²) in [6.45, 7) is 2.14. The van der Waals surface area contributed by atoms with Crippen LogP contribution in [0.1, 0.15) is 6.92 Å². The summed E-state index contributed by atoms with van der Waals surface area (Å²) in [5.41, 5.74) is 0. The number of rotatable bonds is 0. The molecule has 0 unspecified atom stereocenters. The van der Waals surface area contributed by atoms with Gasteiger partial charge in [0.2, 0.25) is 0 Å². The molecular formula is C6H12N2S. The Labute approximate surface area is 60.3 Å². The van der Waals surface area contributed by atoms with E-state index in [9.17, 15) is 0 Å². The molecule has 1 atom stereocenters. The van der Waals surface area contributed by atoms with Gasteiger partial charge >= 0.3 is 0 Å². The Hall–Kier alpha value is -0.180. The molecule has 0 spiro atoms. The summed E-state index contributed by atoms with van der Waals surface area (Å²) in [5.74, 6) is 1.15. The molecule has 0 aromatic heterocycles. The first-order valence-corrected chi connectivity index (χ1v) is 4.06. The Balaban J connectivity index is 2.52. The molecule has 1 aliphatic heterocycles. The molecule has 1 heterocycles. The van der Waals surface area contributed by atoms with E-state index in [1.807, 2.05) is 25.9 Å². The van der Waals surface area contributed by atoms with Gasteiger partial charge in [0.05, 0.1) is 6.04 Å². The van der Waals surface area contributed by atoms with Crippen LogP contribution in [0.25, 0.3) is 0 Å². The molecule has 0 aromatic rings. The number of nitrogens with zero attached hydrogens (tertiary/aromatic N) is 2. The standard InChI is InChI=1S/C6H12N2S/c1-5-4-9-6(7-5)8(2)3/h5H,4H2,1-3H3/t5-/m1/s1. The highest BCUT2D eigenvalue weighted by molar-refractivity contribution is 8.14. The third-order valence-electron chi connectivity index (χ3n) is 1.17. The SMILES string of the molecule is C[C@@H]1CSC(N(C)C)=N1. The molecule has 0 amide bonds. The van der Waals surface area contributed by atoms with Crippen LogP contribution in [0.2, 0.25) is 0 Å². The minimum atomic E-state index is 0.521. The molecule has 9 heavy (non-hydrogen) atoms. The minimum absolute atomic E-state index is 0.521. The third kappa shape index (κ3) is 1.61. The van der Waals surface area contributed by atoms with E-state index in [0.717, 1.165) is 5.75 Å². The smallest absolute Gasteiger partial charge is 0.159 e. The molecule has 0 aliphatic carbocycles. The van der Waals surface area contributed by atoms with Crippen LogP contribution in [0.15, 0.2) is 4.99 Å². The maximum absolute atomic E-state index is 4.39. The molecule has 0 aromatic carbocycles. The van der Waals surface area contributed by atoms with Gasteiger partial charge in [-0.05, 0) is 6.92 Å². The highest BCUT2D eigenvalue weighted by Crippen LogP contribution is 2.18. The number of amidine groups is 1. The van der Waals surface area contributed by atoms with Crippen LogP contribution in [0.4, 0.5) is 0 Å². The summed E-state index contributed by atoms with van der Waals surface area (Å²) >= 11 is 1.83. The number of hydrogen-bond acceptors (Lipinski definition) is 3. The van der Waals surface area contributed by atoms with Crippen molar-refractivity contribution in [2.45, 2.75) is 13.0 Å². The van der Waals surface area contributed by atoms with E-state index in [-0.39, 0.29) is 0 Å². The van der Waals surface area contributed by atoms with Gasteiger partial charge in [0.25, 0.3) is 0 Å². The summed E-state index contributed by atoms with van der Waals surface area (Å²) in [5, 5.41) is 1.17. The van der Waals surface area contributed by atoms with Gasteiger partial charge in [0, 0.05) is 19.8 Å². The van der Waals surface area contributed by atoms with Crippen LogP contribution in [0.3, 0.4) is 0 Å². The van der Waals surface area contributed by atoms with Crippen molar-refractivity contribution in [3.05, 3.63) is 0 Å². The zero-order chi connectivity index (χ0) is 6.85. The number of hydrogen-bond donors (Lipinski definition) is 0. The number of aliphatic imine (C=N–C) groups is 1. The van der Waals surface area contributed by atoms with Crippen LogP contribution in [-0.2, 0) is 0 Å². The molecule has 3 heteroatoms. The summed E-state index contributed by atoms with van der Waals surface area (Å²) < 4.78 is 0. The fourth-order valence-corrected chi connectivity index (χ4v) is 1.68. The summed E-state index contributed by atoms with van der Waals surface area (Å²) in [6.07, 6.45) is 0. The van der Waals surface area contributed by atoms with Crippen LogP contribution < -0.4 is 0 Å². The second-order valence-corrected chi connectivity index (χ2v) is 3.45. The molecular weight excluding hydrogens is 132 g/mol. The Bertz CT molecular complexity index is 131. The second-order valence-electron chi connectivity index (χ2n) is 2.47. The van der Waals surface area contributed by atoms with E-state index < -0.39 is 0 Å². The monoisotopic (exact) mass is 144 g/mol. The minimum Gasteiger partial charge on any atom is -0.358 e. The molecule has 0 saturated heterocycles. The van der Waals surface area contributed by atoms with Crippen LogP contribution in [0, 0.1) is 0 Å². The maximum atomic E-state index is 4.39. The third-order valence-corrected chi connectivity index (χ3v) is 2.54. The van der Waals surface area contributed by atoms with Gasteiger partial charge < -0.3 is 4.90 Å². The van der Waals surface area contributed by atoms with Crippen molar-refractivity contribution in [2.24, 2.45) is 4.99 Å². The lowest BCUT2D eigenvalue weighted by Crippen LogP contribution is -2.16. The van der Waals surface area contributed by atoms with Gasteiger partial charge in [-0.25, -0.2) is 0 Å². The lowest BCUT2D eigenvalue weighted by atomic mass is 10.4. The number of thioether (sulfide) groups is 1. The Morgan fingerprint density at radius 2 is 2.33 bits per heavy atom. The fourth-order valence-electron chi connectivity index (χ4n) is 0.703. The van der Waals surface area contributed by atoms with Crippen molar-refractivity contribution in [3.63, 3.8) is 0 Å². The van der Waals surface area contributed by atoms with Crippen molar-refractivity contribution in [1.29, 1.82) is 0 Å². The largest absolute Gasteiger partial charge is 0.358 e. The van der Waals surface area contributed by atoms with Gasteiger partial charge in [-0.3, -0.25) is 4.99 Å². The predicted molar refractivity (Wildman–Crippen MR) is 43.0 cm³/mol. The van der Waals surface area contributed by atoms with Crippen LogP contribution >= 0.6 is 11.8 Å². The first kappa shape index (κ1) is 6.93. The van der Waals surface area contributed by atoms with Crippen molar-refractivity contribution in [1.82, 2.24) is 4.90 Å². The van der Waals surface area contributed by atoms with E-state index in [4.69, 9.17) is 0 Å². The molecule has 0 radical (unpaired) electrons. The molecule has 0 saturated carbocycles. The van der Waals surface area contributed by atoms with E-state index >= 15 is 0 Å². The highest BCUT2D eigenvalue weighted by atomic mass is 32.2. The van der Waals surface area contributed by atoms with Crippen LogP contribution in [0.5, 0.6) is 0 Å². The van der Waals surface area contributed by atoms with Gasteiger partial charge in [0.1, 0.15) is 0 Å². The van der Waals surface area contributed by atoms with E-state index in [0.29, 0.717) is 6.04 Å². The van der Waals surface area contributed by atoms with Gasteiger partial charge in [-0.1, -0.05) is 11.8 Å². The average Bonchev–Trinajstić information content (AvgIpc) is 2.14. The van der Waals surface area contributed by atoms with E-state index in [2.05, 4.69) is 16.8 Å². The first-order valence-electron chi connectivity index (χ1n) is 3.08. The van der Waals surface area contributed by atoms with E-state index in [1.54, 1.807) is 0 Å². The zero-order valence-corrected chi connectivity index (χ0v) is 6.90. The Morgan fingerprint density at radius 3 is 2.56 bits per heavy atom. The second kappa shape index (κ2) is 2.60. The van der Waals surface area contributed by atoms with Gasteiger partial charge in [-0.15, -0.1) is 0 Å². The molecule has 0 fully saturated rings. The molecule has 1 aliphatic rings. The first-order chi connectivity index (χ1) is 4.20. The summed E-state index contributed by atoms with van der Waals surface area (Å²) in [7, 11) is 4.06. The lowest BCUT2D eigenvalue weighted by molar-refractivity contribution is 0.630. The van der Waals surface area contributed by atoms with Crippen molar-refractivity contribution in [2.75, 3.05) is 19.8 Å². The average molecular weight is 144 g/mol. The Morgan fingerprint density at radius 1 is 1.67 bits per heavy atom. The van der Waals surface area contributed by atoms with Gasteiger partial charge in [0.15, 0.2) is 5.17 Å². The topological polar surface area (TPSA) is 15.6 Å². The van der Waals surface area contributed by atoms with Crippen LogP contribution in [-0.4, -0.2) is 36.0 Å². The van der Waals surface area contributed by atoms with Crippen molar-refractivity contribution in [3.8, 4) is 0 Å². The summed E-state index contributed by atoms with van der Waals surface area (Å²) in [4.78, 5) is 6.46. The Kier molecular flexibility index (Phi) is 2.01. The van der Waals surface area contributed by atoms with E-state index in [1.165, 1.54) is 5.17 Å². The quantitative estimate of drug-likeness (QED) is 0.505. The lowest BCUT2D eigenvalue weighted by Gasteiger charge is -2.08. The molecule has 52 valence electrons.